The molecule has 0 aliphatic rings. The molecule has 0 saturated carbocycles. The maximum Gasteiger partial charge on any atom is 0.285 e. The molecule has 2 rings (SSSR count). The van der Waals surface area contributed by atoms with Crippen LogP contribution in [0.15, 0.2) is 23.5 Å². The second-order valence-corrected chi connectivity index (χ2v) is 3.86. The van der Waals surface area contributed by atoms with E-state index < -0.39 is 0 Å². The number of allylic oxidation sites excluding steroid dienone is 1. The van der Waals surface area contributed by atoms with Crippen LogP contribution in [0.3, 0.4) is 0 Å². The molecular formula is C11H14N4O. The Balaban J connectivity index is 2.74. The molecule has 0 N–H and O–H groups in total. The molecule has 84 valence electrons. The zero-order chi connectivity index (χ0) is 11.7. The van der Waals surface area contributed by atoms with Gasteiger partial charge in [-0.2, -0.15) is 0 Å². The van der Waals surface area contributed by atoms with E-state index >= 15 is 0 Å². The summed E-state index contributed by atoms with van der Waals surface area (Å²) >= 11 is 0. The Morgan fingerprint density at radius 2 is 2.06 bits per heavy atom. The van der Waals surface area contributed by atoms with Crippen LogP contribution in [0.25, 0.3) is 17.4 Å². The lowest BCUT2D eigenvalue weighted by atomic mass is 10.4. The van der Waals surface area contributed by atoms with E-state index in [0.717, 1.165) is 0 Å². The van der Waals surface area contributed by atoms with Gasteiger partial charge in [0, 0.05) is 12.2 Å². The lowest BCUT2D eigenvalue weighted by molar-refractivity contribution is 0.612. The summed E-state index contributed by atoms with van der Waals surface area (Å²) < 4.78 is 3.32. The van der Waals surface area contributed by atoms with E-state index in [9.17, 15) is 4.79 Å². The molecule has 2 aromatic heterocycles. The Kier molecular flexibility index (Phi) is 2.60. The van der Waals surface area contributed by atoms with Crippen LogP contribution in [0.2, 0.25) is 0 Å². The van der Waals surface area contributed by atoms with Gasteiger partial charge in [-0.1, -0.05) is 6.08 Å². The summed E-state index contributed by atoms with van der Waals surface area (Å²) in [7, 11) is 0. The van der Waals surface area contributed by atoms with Gasteiger partial charge in [0.1, 0.15) is 6.33 Å². The van der Waals surface area contributed by atoms with Gasteiger partial charge in [0.2, 0.25) is 0 Å². The van der Waals surface area contributed by atoms with Crippen LogP contribution in [0.1, 0.15) is 26.8 Å². The summed E-state index contributed by atoms with van der Waals surface area (Å²) in [5.41, 5.74) is 0.914. The van der Waals surface area contributed by atoms with Crippen molar-refractivity contribution < 1.29 is 0 Å². The highest BCUT2D eigenvalue weighted by Gasteiger charge is 2.10. The van der Waals surface area contributed by atoms with Gasteiger partial charge in [0.25, 0.3) is 5.56 Å². The molecule has 5 nitrogen and oxygen atoms in total. The Labute approximate surface area is 93.1 Å². The smallest absolute Gasteiger partial charge is 0.285 e. The summed E-state index contributed by atoms with van der Waals surface area (Å²) in [6.07, 6.45) is 6.63. The van der Waals surface area contributed by atoms with Gasteiger partial charge < -0.3 is 4.57 Å². The molecule has 0 saturated heterocycles. The Hall–Kier alpha value is -1.91. The summed E-state index contributed by atoms with van der Waals surface area (Å²) in [4.78, 5) is 20.3. The standard InChI is InChI=1S/C11H14N4O/c1-4-5-14-6-13-10-9(11(14)16)12-7-15(10)8(2)3/h4-8H,1-3H3/b5-4+. The molecule has 0 aromatic carbocycles. The Bertz CT molecular complexity index is 592. The predicted molar refractivity (Wildman–Crippen MR) is 63.2 cm³/mol. The minimum Gasteiger partial charge on any atom is -0.313 e. The van der Waals surface area contributed by atoms with Crippen molar-refractivity contribution in [1.29, 1.82) is 0 Å². The second-order valence-electron chi connectivity index (χ2n) is 3.86. The number of imidazole rings is 1. The zero-order valence-electron chi connectivity index (χ0n) is 9.58. The molecular weight excluding hydrogens is 204 g/mol. The SMILES string of the molecule is C/C=C/n1cnc2c(ncn2C(C)C)c1=O. The number of rotatable bonds is 2. The molecule has 2 aromatic rings. The first-order chi connectivity index (χ1) is 7.65. The van der Waals surface area contributed by atoms with Crippen LogP contribution in [-0.2, 0) is 0 Å². The van der Waals surface area contributed by atoms with Crippen LogP contribution in [-0.4, -0.2) is 19.1 Å². The Morgan fingerprint density at radius 3 is 2.69 bits per heavy atom. The number of hydrogen-bond acceptors (Lipinski definition) is 3. The van der Waals surface area contributed by atoms with Crippen LogP contribution < -0.4 is 5.56 Å². The average Bonchev–Trinajstić information content (AvgIpc) is 2.67. The van der Waals surface area contributed by atoms with Crippen LogP contribution in [0.4, 0.5) is 0 Å². The van der Waals surface area contributed by atoms with Crippen molar-refractivity contribution in [3.63, 3.8) is 0 Å². The molecule has 5 heteroatoms. The number of hydrogen-bond donors (Lipinski definition) is 0. The van der Waals surface area contributed by atoms with E-state index in [1.165, 1.54) is 10.9 Å². The van der Waals surface area contributed by atoms with Gasteiger partial charge in [-0.25, -0.2) is 9.97 Å². The second kappa shape index (κ2) is 3.92. The van der Waals surface area contributed by atoms with Crippen molar-refractivity contribution in [3.8, 4) is 0 Å². The highest BCUT2D eigenvalue weighted by molar-refractivity contribution is 5.69. The quantitative estimate of drug-likeness (QED) is 0.770. The highest BCUT2D eigenvalue weighted by atomic mass is 16.1. The molecule has 2 heterocycles. The maximum absolute atomic E-state index is 12.0. The number of aromatic nitrogens is 4. The van der Waals surface area contributed by atoms with E-state index in [0.29, 0.717) is 11.2 Å². The molecule has 0 spiro atoms. The fourth-order valence-corrected chi connectivity index (χ4v) is 1.57. The molecule has 16 heavy (non-hydrogen) atoms. The average molecular weight is 218 g/mol. The first-order valence-electron chi connectivity index (χ1n) is 5.21. The molecule has 0 unspecified atom stereocenters. The predicted octanol–water partition coefficient (Wildman–Crippen LogP) is 1.66. The van der Waals surface area contributed by atoms with Gasteiger partial charge in [-0.3, -0.25) is 9.36 Å². The first kappa shape index (κ1) is 10.6. The van der Waals surface area contributed by atoms with Crippen molar-refractivity contribution in [1.82, 2.24) is 19.1 Å². The third-order valence-corrected chi connectivity index (χ3v) is 2.38. The van der Waals surface area contributed by atoms with Crippen LogP contribution in [0, 0.1) is 0 Å². The van der Waals surface area contributed by atoms with E-state index in [-0.39, 0.29) is 11.6 Å². The van der Waals surface area contributed by atoms with Gasteiger partial charge in [0.05, 0.1) is 6.33 Å². The monoisotopic (exact) mass is 218 g/mol. The van der Waals surface area contributed by atoms with Crippen LogP contribution in [0.5, 0.6) is 0 Å². The van der Waals surface area contributed by atoms with Crippen molar-refractivity contribution in [2.45, 2.75) is 26.8 Å². The van der Waals surface area contributed by atoms with Gasteiger partial charge in [0.15, 0.2) is 11.2 Å². The zero-order valence-corrected chi connectivity index (χ0v) is 9.58. The molecule has 0 aliphatic heterocycles. The number of nitrogens with zero attached hydrogens (tertiary/aromatic N) is 4. The normalized spacial score (nSPS) is 12.0. The third kappa shape index (κ3) is 1.54. The lowest BCUT2D eigenvalue weighted by Crippen LogP contribution is -2.16. The van der Waals surface area contributed by atoms with Gasteiger partial charge >= 0.3 is 0 Å². The molecule has 0 radical (unpaired) electrons. The minimum atomic E-state index is -0.137. The summed E-state index contributed by atoms with van der Waals surface area (Å²) in [6.45, 7) is 5.91. The van der Waals surface area contributed by atoms with E-state index in [1.807, 2.05) is 25.3 Å². The number of fused-ring (bicyclic) bond motifs is 1. The molecule has 0 aliphatic carbocycles. The molecule has 0 bridgehead atoms. The maximum atomic E-state index is 12.0. The molecule has 0 atom stereocenters. The van der Waals surface area contributed by atoms with Gasteiger partial charge in [-0.15, -0.1) is 0 Å². The first-order valence-corrected chi connectivity index (χ1v) is 5.21. The summed E-state index contributed by atoms with van der Waals surface area (Å²) in [6, 6.07) is 0.245. The highest BCUT2D eigenvalue weighted by Crippen LogP contribution is 2.11. The van der Waals surface area contributed by atoms with Crippen molar-refractivity contribution in [2.75, 3.05) is 0 Å². The summed E-state index contributed by atoms with van der Waals surface area (Å²) in [5, 5.41) is 0. The Morgan fingerprint density at radius 1 is 1.31 bits per heavy atom. The largest absolute Gasteiger partial charge is 0.313 e. The van der Waals surface area contributed by atoms with E-state index in [2.05, 4.69) is 9.97 Å². The third-order valence-electron chi connectivity index (χ3n) is 2.38. The van der Waals surface area contributed by atoms with Crippen molar-refractivity contribution >= 4 is 17.4 Å². The topological polar surface area (TPSA) is 52.7 Å². The van der Waals surface area contributed by atoms with Gasteiger partial charge in [-0.05, 0) is 20.8 Å². The van der Waals surface area contributed by atoms with E-state index in [1.54, 1.807) is 18.6 Å². The fraction of sp³-hybridized carbons (Fsp3) is 0.364. The summed E-state index contributed by atoms with van der Waals surface area (Å²) in [5.74, 6) is 0. The minimum absolute atomic E-state index is 0.137. The fourth-order valence-electron chi connectivity index (χ4n) is 1.57. The molecule has 0 fully saturated rings. The van der Waals surface area contributed by atoms with Crippen molar-refractivity contribution in [3.05, 3.63) is 29.1 Å². The lowest BCUT2D eigenvalue weighted by Gasteiger charge is -2.06. The van der Waals surface area contributed by atoms with E-state index in [4.69, 9.17) is 0 Å². The van der Waals surface area contributed by atoms with Crippen molar-refractivity contribution in [2.24, 2.45) is 0 Å². The van der Waals surface area contributed by atoms with Crippen LogP contribution >= 0.6 is 0 Å². The molecule has 0 amide bonds.